The molecule has 0 bridgehead atoms. The van der Waals surface area contributed by atoms with Crippen LogP contribution in [0.3, 0.4) is 0 Å². The summed E-state index contributed by atoms with van der Waals surface area (Å²) in [6, 6.07) is 0.950. The highest BCUT2D eigenvalue weighted by Crippen LogP contribution is 2.35. The van der Waals surface area contributed by atoms with Gasteiger partial charge < -0.3 is 21.0 Å². The van der Waals surface area contributed by atoms with Crippen LogP contribution in [-0.2, 0) is 0 Å². The fourth-order valence-corrected chi connectivity index (χ4v) is 3.34. The average molecular weight is 351 g/mol. The van der Waals surface area contributed by atoms with Gasteiger partial charge in [-0.25, -0.2) is 14.2 Å². The lowest BCUT2D eigenvalue weighted by Gasteiger charge is -2.20. The Kier molecular flexibility index (Phi) is 3.55. The van der Waals surface area contributed by atoms with Crippen LogP contribution in [0, 0.1) is 11.7 Å². The Hall–Kier alpha value is -2.46. The first-order valence-electron chi connectivity index (χ1n) is 8.12. The van der Waals surface area contributed by atoms with E-state index in [2.05, 4.69) is 4.98 Å². The molecule has 0 radical (unpaired) electrons. The number of hydrogen-bond donors (Lipinski definition) is 3. The average Bonchev–Trinajstić information content (AvgIpc) is 3.28. The molecule has 0 amide bonds. The molecule has 2 aliphatic rings. The summed E-state index contributed by atoms with van der Waals surface area (Å²) >= 11 is 0. The van der Waals surface area contributed by atoms with Crippen molar-refractivity contribution in [2.75, 3.05) is 23.8 Å². The van der Waals surface area contributed by atoms with Crippen molar-refractivity contribution in [3.8, 4) is 0 Å². The molecule has 25 heavy (non-hydrogen) atoms. The maximum absolute atomic E-state index is 14.6. The minimum Gasteiger partial charge on any atom is -0.368 e. The molecule has 2 fully saturated rings. The van der Waals surface area contributed by atoms with E-state index in [0.29, 0.717) is 17.6 Å². The lowest BCUT2D eigenvalue weighted by Crippen LogP contribution is -2.45. The van der Waals surface area contributed by atoms with Crippen molar-refractivity contribution < 1.29 is 14.6 Å². The molecule has 1 aliphatic carbocycles. The number of fused-ring (bicyclic) bond motifs is 1. The van der Waals surface area contributed by atoms with E-state index in [1.807, 2.05) is 0 Å². The first-order valence-corrected chi connectivity index (χ1v) is 8.12. The van der Waals surface area contributed by atoms with Gasteiger partial charge in [-0.1, -0.05) is 0 Å². The van der Waals surface area contributed by atoms with Gasteiger partial charge in [0.05, 0.1) is 5.39 Å². The number of anilines is 1. The van der Waals surface area contributed by atoms with Crippen LogP contribution in [0.4, 0.5) is 10.2 Å². The number of hydrogen-bond acceptors (Lipinski definition) is 7. The minimum atomic E-state index is -1.48. The molecule has 2 aromatic rings. The van der Waals surface area contributed by atoms with Gasteiger partial charge in [-0.2, -0.15) is 4.68 Å². The number of aliphatic hydroxyl groups excluding tert-OH is 1. The van der Waals surface area contributed by atoms with Crippen molar-refractivity contribution in [2.45, 2.75) is 31.6 Å². The maximum Gasteiger partial charge on any atom is 0.351 e. The Morgan fingerprint density at radius 2 is 2.00 bits per heavy atom. The third kappa shape index (κ3) is 2.48. The highest BCUT2D eigenvalue weighted by atomic mass is 19.1. The second-order valence-corrected chi connectivity index (χ2v) is 6.63. The van der Waals surface area contributed by atoms with E-state index in [1.165, 1.54) is 4.57 Å². The summed E-state index contributed by atoms with van der Waals surface area (Å²) in [4.78, 5) is 30.4. The maximum atomic E-state index is 14.6. The van der Waals surface area contributed by atoms with E-state index >= 15 is 0 Å². The fourth-order valence-electron chi connectivity index (χ4n) is 3.34. The predicted octanol–water partition coefficient (Wildman–Crippen LogP) is -1.12. The van der Waals surface area contributed by atoms with Crippen molar-refractivity contribution in [3.63, 3.8) is 0 Å². The van der Waals surface area contributed by atoms with Crippen molar-refractivity contribution in [2.24, 2.45) is 5.92 Å². The molecule has 2 aromatic heterocycles. The van der Waals surface area contributed by atoms with E-state index < -0.39 is 29.3 Å². The summed E-state index contributed by atoms with van der Waals surface area (Å²) < 4.78 is 16.4. The fraction of sp³-hybridized carbons (Fsp3) is 0.533. The molecule has 4 N–H and O–H groups in total. The summed E-state index contributed by atoms with van der Waals surface area (Å²) in [5.41, 5.74) is -1.35. The molecule has 134 valence electrons. The number of pyridine rings is 1. The normalized spacial score (nSPS) is 20.8. The smallest absolute Gasteiger partial charge is 0.351 e. The van der Waals surface area contributed by atoms with Gasteiger partial charge >= 0.3 is 5.69 Å². The van der Waals surface area contributed by atoms with E-state index in [4.69, 9.17) is 5.84 Å². The molecule has 1 aliphatic heterocycles. The van der Waals surface area contributed by atoms with Crippen LogP contribution < -0.4 is 22.0 Å². The number of nitrogens with zero attached hydrogens (tertiary/aromatic N) is 4. The summed E-state index contributed by atoms with van der Waals surface area (Å²) in [6.07, 6.45) is 0.535. The number of nitrogen functional groups attached to an aromatic ring is 1. The third-order valence-electron chi connectivity index (χ3n) is 4.88. The quantitative estimate of drug-likeness (QED) is 0.472. The first-order chi connectivity index (χ1) is 11.9. The molecule has 9 nitrogen and oxygen atoms in total. The van der Waals surface area contributed by atoms with Crippen molar-refractivity contribution >= 4 is 16.9 Å². The van der Waals surface area contributed by atoms with Crippen LogP contribution in [0.1, 0.15) is 25.3 Å². The van der Waals surface area contributed by atoms with Crippen LogP contribution in [0.25, 0.3) is 11.0 Å². The largest absolute Gasteiger partial charge is 0.368 e. The van der Waals surface area contributed by atoms with E-state index in [1.54, 1.807) is 4.90 Å². The van der Waals surface area contributed by atoms with Gasteiger partial charge in [0.25, 0.3) is 5.56 Å². The number of halogens is 1. The molecule has 10 heteroatoms. The van der Waals surface area contributed by atoms with E-state index in [0.717, 1.165) is 18.9 Å². The first kappa shape index (κ1) is 16.0. The SMILES string of the molecule is Nn1c(=O)c2cc(F)c(N3CCC(C(O)O)C3)nc2n(C2CC2)c1=O. The topological polar surface area (TPSA) is 127 Å². The van der Waals surface area contributed by atoms with Gasteiger partial charge in [-0.05, 0) is 25.3 Å². The Bertz CT molecular complexity index is 965. The number of nitrogens with two attached hydrogens (primary N) is 1. The van der Waals surface area contributed by atoms with Crippen LogP contribution in [-0.4, -0.2) is 43.8 Å². The molecule has 0 spiro atoms. The molecule has 1 saturated carbocycles. The molecule has 3 heterocycles. The van der Waals surface area contributed by atoms with Gasteiger partial charge in [0, 0.05) is 25.0 Å². The van der Waals surface area contributed by atoms with Gasteiger partial charge in [0.1, 0.15) is 0 Å². The summed E-state index contributed by atoms with van der Waals surface area (Å²) in [5, 5.41) is 18.5. The minimum absolute atomic E-state index is 0.00128. The highest BCUT2D eigenvalue weighted by molar-refractivity contribution is 5.77. The summed E-state index contributed by atoms with van der Waals surface area (Å²) in [7, 11) is 0. The van der Waals surface area contributed by atoms with E-state index in [-0.39, 0.29) is 29.4 Å². The third-order valence-corrected chi connectivity index (χ3v) is 4.88. The molecular weight excluding hydrogens is 333 g/mol. The van der Waals surface area contributed by atoms with Crippen LogP contribution >= 0.6 is 0 Å². The monoisotopic (exact) mass is 351 g/mol. The molecule has 1 saturated heterocycles. The van der Waals surface area contributed by atoms with Gasteiger partial charge in [-0.3, -0.25) is 9.36 Å². The Balaban J connectivity index is 1.89. The Morgan fingerprint density at radius 3 is 2.60 bits per heavy atom. The van der Waals surface area contributed by atoms with Crippen LogP contribution in [0.5, 0.6) is 0 Å². The summed E-state index contributed by atoms with van der Waals surface area (Å²) in [6.45, 7) is 0.633. The second-order valence-electron chi connectivity index (χ2n) is 6.63. The van der Waals surface area contributed by atoms with Gasteiger partial charge in [-0.15, -0.1) is 0 Å². The zero-order valence-corrected chi connectivity index (χ0v) is 13.3. The number of aliphatic hydroxyl groups is 2. The standard InChI is InChI=1S/C15H18FN5O4/c16-10-5-9-11(18-12(10)19-4-3-7(6-19)14(23)24)20(8-1-2-8)15(25)21(17)13(9)22/h5,7-8,14,23-24H,1-4,6,17H2. The molecule has 4 rings (SSSR count). The van der Waals surface area contributed by atoms with E-state index in [9.17, 15) is 24.2 Å². The number of aromatic nitrogens is 3. The zero-order valence-electron chi connectivity index (χ0n) is 13.3. The van der Waals surface area contributed by atoms with Crippen LogP contribution in [0.2, 0.25) is 0 Å². The zero-order chi connectivity index (χ0) is 17.9. The lowest BCUT2D eigenvalue weighted by molar-refractivity contribution is -0.0772. The molecule has 1 atom stereocenters. The Labute approximate surface area is 140 Å². The van der Waals surface area contributed by atoms with Crippen molar-refractivity contribution in [3.05, 3.63) is 32.7 Å². The predicted molar refractivity (Wildman–Crippen MR) is 87.2 cm³/mol. The van der Waals surface area contributed by atoms with Crippen LogP contribution in [0.15, 0.2) is 15.7 Å². The van der Waals surface area contributed by atoms with Crippen molar-refractivity contribution in [1.29, 1.82) is 0 Å². The number of rotatable bonds is 3. The van der Waals surface area contributed by atoms with Gasteiger partial charge in [0.2, 0.25) is 0 Å². The van der Waals surface area contributed by atoms with Gasteiger partial charge in [0.15, 0.2) is 23.6 Å². The summed E-state index contributed by atoms with van der Waals surface area (Å²) in [5.74, 6) is 4.42. The van der Waals surface area contributed by atoms with Crippen molar-refractivity contribution in [1.82, 2.24) is 14.2 Å². The molecule has 1 unspecified atom stereocenters. The molecular formula is C15H18FN5O4. The highest BCUT2D eigenvalue weighted by Gasteiger charge is 2.32. The lowest BCUT2D eigenvalue weighted by atomic mass is 10.1. The second kappa shape index (κ2) is 5.53. The molecule has 0 aromatic carbocycles. The Morgan fingerprint density at radius 1 is 1.28 bits per heavy atom.